The van der Waals surface area contributed by atoms with E-state index in [4.69, 9.17) is 16.3 Å². The molecule has 0 atom stereocenters. The van der Waals surface area contributed by atoms with Crippen molar-refractivity contribution in [3.8, 4) is 5.69 Å². The van der Waals surface area contributed by atoms with Crippen LogP contribution in [-0.2, 0) is 9.53 Å². The number of esters is 1. The minimum absolute atomic E-state index is 0.302. The number of tetrazole rings is 1. The molecule has 1 aliphatic rings. The number of benzene rings is 1. The number of ether oxygens (including phenoxy) is 1. The van der Waals surface area contributed by atoms with Gasteiger partial charge in [0.25, 0.3) is 0 Å². The summed E-state index contributed by atoms with van der Waals surface area (Å²) in [5, 5.41) is 15.1. The van der Waals surface area contributed by atoms with Crippen molar-refractivity contribution in [2.75, 3.05) is 11.9 Å². The summed E-state index contributed by atoms with van der Waals surface area (Å²) in [4.78, 5) is 11.6. The van der Waals surface area contributed by atoms with Crippen LogP contribution in [0.25, 0.3) is 11.4 Å². The van der Waals surface area contributed by atoms with Crippen LogP contribution in [0, 0.1) is 0 Å². The molecule has 0 unspecified atom stereocenters. The van der Waals surface area contributed by atoms with E-state index >= 15 is 0 Å². The molecule has 0 amide bonds. The van der Waals surface area contributed by atoms with Gasteiger partial charge in [-0.15, -0.1) is 5.10 Å². The van der Waals surface area contributed by atoms with E-state index in [1.165, 1.54) is 10.8 Å². The third kappa shape index (κ3) is 2.12. The Hall–Kier alpha value is -2.41. The SMILES string of the molecule is CCOC(=O)C=C1Nc2cc(Cl)ccc2-n2nnnc21. The molecule has 2 aromatic rings. The molecule has 20 heavy (non-hydrogen) atoms. The second-order valence-electron chi connectivity index (χ2n) is 4.01. The number of anilines is 1. The Bertz CT molecular complexity index is 710. The van der Waals surface area contributed by atoms with Gasteiger partial charge >= 0.3 is 5.97 Å². The van der Waals surface area contributed by atoms with E-state index in [1.54, 1.807) is 25.1 Å². The largest absolute Gasteiger partial charge is 0.463 e. The van der Waals surface area contributed by atoms with E-state index in [0.717, 1.165) is 5.69 Å². The fourth-order valence-electron chi connectivity index (χ4n) is 1.91. The molecular weight excluding hydrogens is 282 g/mol. The smallest absolute Gasteiger partial charge is 0.332 e. The Morgan fingerprint density at radius 2 is 2.40 bits per heavy atom. The van der Waals surface area contributed by atoms with Gasteiger partial charge in [-0.25, -0.2) is 4.79 Å². The van der Waals surface area contributed by atoms with Crippen LogP contribution < -0.4 is 5.32 Å². The molecule has 0 radical (unpaired) electrons. The summed E-state index contributed by atoms with van der Waals surface area (Å²) in [7, 11) is 0. The first kappa shape index (κ1) is 12.6. The van der Waals surface area contributed by atoms with E-state index < -0.39 is 5.97 Å². The Labute approximate surface area is 119 Å². The van der Waals surface area contributed by atoms with Gasteiger partial charge in [-0.2, -0.15) is 4.68 Å². The maximum Gasteiger partial charge on any atom is 0.332 e. The monoisotopic (exact) mass is 291 g/mol. The number of carbonyl (C=O) groups is 1. The van der Waals surface area contributed by atoms with Crippen molar-refractivity contribution >= 4 is 29.0 Å². The van der Waals surface area contributed by atoms with Crippen LogP contribution in [0.3, 0.4) is 0 Å². The first-order valence-electron chi connectivity index (χ1n) is 5.93. The highest BCUT2D eigenvalue weighted by Crippen LogP contribution is 2.32. The topological polar surface area (TPSA) is 81.9 Å². The maximum absolute atomic E-state index is 11.6. The summed E-state index contributed by atoms with van der Waals surface area (Å²) in [5.41, 5.74) is 1.94. The van der Waals surface area contributed by atoms with Crippen LogP contribution in [0.2, 0.25) is 5.02 Å². The first-order valence-corrected chi connectivity index (χ1v) is 6.31. The molecule has 0 bridgehead atoms. The first-order chi connectivity index (χ1) is 9.69. The molecule has 1 N–H and O–H groups in total. The highest BCUT2D eigenvalue weighted by atomic mass is 35.5. The summed E-state index contributed by atoms with van der Waals surface area (Å²) in [6.07, 6.45) is 1.32. The molecule has 2 heterocycles. The van der Waals surface area contributed by atoms with Gasteiger partial charge in [-0.3, -0.25) is 0 Å². The van der Waals surface area contributed by atoms with Gasteiger partial charge in [-0.1, -0.05) is 11.6 Å². The predicted octanol–water partition coefficient (Wildman–Crippen LogP) is 1.65. The van der Waals surface area contributed by atoms with Crippen LogP contribution in [0.15, 0.2) is 24.3 Å². The molecule has 0 saturated heterocycles. The lowest BCUT2D eigenvalue weighted by molar-refractivity contribution is -0.137. The van der Waals surface area contributed by atoms with Crippen molar-refractivity contribution in [1.82, 2.24) is 20.2 Å². The second kappa shape index (κ2) is 4.93. The molecule has 1 aromatic heterocycles. The van der Waals surface area contributed by atoms with Crippen LogP contribution in [0.5, 0.6) is 0 Å². The van der Waals surface area contributed by atoms with E-state index in [0.29, 0.717) is 28.8 Å². The summed E-state index contributed by atoms with van der Waals surface area (Å²) >= 11 is 5.97. The van der Waals surface area contributed by atoms with Crippen LogP contribution in [0.4, 0.5) is 5.69 Å². The molecule has 3 rings (SSSR count). The van der Waals surface area contributed by atoms with Crippen LogP contribution in [-0.4, -0.2) is 32.8 Å². The number of nitrogens with zero attached hydrogens (tertiary/aromatic N) is 4. The lowest BCUT2D eigenvalue weighted by Gasteiger charge is -2.20. The fraction of sp³-hybridized carbons (Fsp3) is 0.167. The Morgan fingerprint density at radius 3 is 3.20 bits per heavy atom. The summed E-state index contributed by atoms with van der Waals surface area (Å²) in [6, 6.07) is 5.28. The molecule has 8 heteroatoms. The summed E-state index contributed by atoms with van der Waals surface area (Å²) in [6.45, 7) is 2.04. The van der Waals surface area contributed by atoms with Gasteiger partial charge in [0, 0.05) is 5.02 Å². The summed E-state index contributed by atoms with van der Waals surface area (Å²) < 4.78 is 6.42. The number of halogens is 1. The zero-order valence-electron chi connectivity index (χ0n) is 10.5. The van der Waals surface area contributed by atoms with E-state index in [-0.39, 0.29) is 0 Å². The molecule has 1 aliphatic heterocycles. The predicted molar refractivity (Wildman–Crippen MR) is 72.4 cm³/mol. The molecule has 0 saturated carbocycles. The van der Waals surface area contributed by atoms with Gasteiger partial charge < -0.3 is 10.1 Å². The molecule has 1 aromatic carbocycles. The molecule has 0 spiro atoms. The number of hydrogen-bond acceptors (Lipinski definition) is 6. The van der Waals surface area contributed by atoms with Crippen molar-refractivity contribution < 1.29 is 9.53 Å². The van der Waals surface area contributed by atoms with Crippen LogP contribution >= 0.6 is 11.6 Å². The third-order valence-corrected chi connectivity index (χ3v) is 2.95. The highest BCUT2D eigenvalue weighted by molar-refractivity contribution is 6.31. The normalized spacial score (nSPS) is 14.4. The Kier molecular flexibility index (Phi) is 3.11. The van der Waals surface area contributed by atoms with Gasteiger partial charge in [-0.05, 0) is 35.5 Å². The highest BCUT2D eigenvalue weighted by Gasteiger charge is 2.23. The number of hydrogen-bond donors (Lipinski definition) is 1. The number of rotatable bonds is 2. The molecule has 0 fully saturated rings. The van der Waals surface area contributed by atoms with Crippen molar-refractivity contribution in [3.63, 3.8) is 0 Å². The molecule has 102 valence electrons. The average molecular weight is 292 g/mol. The lowest BCUT2D eigenvalue weighted by atomic mass is 10.2. The van der Waals surface area contributed by atoms with E-state index in [9.17, 15) is 4.79 Å². The standard InChI is InChI=1S/C12H10ClN5O2/c1-2-20-11(19)6-9-12-15-16-17-18(12)10-4-3-7(13)5-8(10)14-9/h3-6,14H,2H2,1H3. The van der Waals surface area contributed by atoms with E-state index in [1.807, 2.05) is 0 Å². The van der Waals surface area contributed by atoms with Gasteiger partial charge in [0.15, 0.2) is 0 Å². The summed E-state index contributed by atoms with van der Waals surface area (Å²) in [5.74, 6) is -0.0251. The molecule has 0 aliphatic carbocycles. The third-order valence-electron chi connectivity index (χ3n) is 2.72. The van der Waals surface area contributed by atoms with E-state index in [2.05, 4.69) is 20.8 Å². The Morgan fingerprint density at radius 1 is 1.55 bits per heavy atom. The Balaban J connectivity index is 2.08. The maximum atomic E-state index is 11.6. The average Bonchev–Trinajstić information content (AvgIpc) is 2.88. The van der Waals surface area contributed by atoms with Crippen molar-refractivity contribution in [2.24, 2.45) is 0 Å². The van der Waals surface area contributed by atoms with Gasteiger partial charge in [0.2, 0.25) is 5.82 Å². The lowest BCUT2D eigenvalue weighted by Crippen LogP contribution is -2.17. The number of nitrogens with one attached hydrogen (secondary N) is 1. The van der Waals surface area contributed by atoms with Crippen molar-refractivity contribution in [1.29, 1.82) is 0 Å². The zero-order valence-corrected chi connectivity index (χ0v) is 11.3. The van der Waals surface area contributed by atoms with Crippen molar-refractivity contribution in [2.45, 2.75) is 6.92 Å². The number of aromatic nitrogens is 4. The fourth-order valence-corrected chi connectivity index (χ4v) is 2.09. The zero-order chi connectivity index (χ0) is 14.1. The van der Waals surface area contributed by atoms with Gasteiger partial charge in [0.1, 0.15) is 0 Å². The van der Waals surface area contributed by atoms with Crippen molar-refractivity contribution in [3.05, 3.63) is 35.1 Å². The molecule has 7 nitrogen and oxygen atoms in total. The minimum atomic E-state index is -0.463. The number of carbonyl (C=O) groups excluding carboxylic acids is 1. The number of fused-ring (bicyclic) bond motifs is 3. The molecular formula is C12H10ClN5O2. The second-order valence-corrected chi connectivity index (χ2v) is 4.45. The van der Waals surface area contributed by atoms with Gasteiger partial charge in [0.05, 0.1) is 29.8 Å². The quantitative estimate of drug-likeness (QED) is 0.669. The van der Waals surface area contributed by atoms with Crippen LogP contribution in [0.1, 0.15) is 12.7 Å². The minimum Gasteiger partial charge on any atom is -0.463 e.